The van der Waals surface area contributed by atoms with Crippen molar-refractivity contribution in [3.8, 4) is 0 Å². The van der Waals surface area contributed by atoms with Gasteiger partial charge in [0.15, 0.2) is 0 Å². The van der Waals surface area contributed by atoms with Crippen molar-refractivity contribution in [3.63, 3.8) is 0 Å². The topological polar surface area (TPSA) is 150 Å². The highest BCUT2D eigenvalue weighted by atomic mass is 32.1. The van der Waals surface area contributed by atoms with E-state index in [2.05, 4.69) is 20.6 Å². The average molecular weight is 697 g/mol. The molecule has 50 heavy (non-hydrogen) atoms. The summed E-state index contributed by atoms with van der Waals surface area (Å²) in [5.74, 6) is 0.479. The molecular formula is C37H45BN6O5S. The number of aliphatic hydroxyl groups excluding tert-OH is 1. The first kappa shape index (κ1) is 34.2. The average Bonchev–Trinajstić information content (AvgIpc) is 3.84. The molecule has 262 valence electrons. The number of rotatable bonds is 9. The molecule has 2 fully saturated rings. The fraction of sp³-hybridized carbons (Fsp3) is 0.486. The number of carbonyl (C=O) groups excluding carboxylic acids is 3. The Morgan fingerprint density at radius 3 is 2.62 bits per heavy atom. The van der Waals surface area contributed by atoms with Crippen LogP contribution in [0, 0.1) is 12.8 Å². The highest BCUT2D eigenvalue weighted by Crippen LogP contribution is 2.39. The summed E-state index contributed by atoms with van der Waals surface area (Å²) in [6, 6.07) is 16.0. The summed E-state index contributed by atoms with van der Waals surface area (Å²) in [6.07, 6.45) is 2.90. The van der Waals surface area contributed by atoms with Crippen LogP contribution in [0.5, 0.6) is 0 Å². The van der Waals surface area contributed by atoms with Gasteiger partial charge in [0.25, 0.3) is 6.85 Å². The third kappa shape index (κ3) is 7.03. The number of nitrogens with one attached hydrogen (secondary N) is 3. The number of aryl methyl sites for hydroxylation is 1. The summed E-state index contributed by atoms with van der Waals surface area (Å²) in [7, 11) is 0. The van der Waals surface area contributed by atoms with Gasteiger partial charge in [0.1, 0.15) is 28.1 Å². The SMILES string of the molecule is Cc1nc2c([nH]1)CC(C[C@H](NC(=O)[C@@H]1CCB3CC[C@](Cc4ccccc4)(NC(=O)OC(C)(C)C)C(=O)N31)C(O)c1nc3ccccc3s1)C2. The van der Waals surface area contributed by atoms with Gasteiger partial charge in [-0.3, -0.25) is 9.59 Å². The van der Waals surface area contributed by atoms with Crippen LogP contribution < -0.4 is 10.6 Å². The normalized spacial score (nSPS) is 21.9. The quantitative estimate of drug-likeness (QED) is 0.177. The number of ether oxygens (including phenoxy) is 1. The predicted octanol–water partition coefficient (Wildman–Crippen LogP) is 5.15. The van der Waals surface area contributed by atoms with Crippen molar-refractivity contribution in [1.82, 2.24) is 30.4 Å². The maximum atomic E-state index is 14.7. The molecule has 7 rings (SSSR count). The Kier molecular flexibility index (Phi) is 9.23. The molecular weight excluding hydrogens is 651 g/mol. The molecule has 0 radical (unpaired) electrons. The Balaban J connectivity index is 1.14. The number of aromatic nitrogens is 3. The van der Waals surface area contributed by atoms with E-state index in [1.165, 1.54) is 11.3 Å². The minimum atomic E-state index is -1.27. The number of alkyl carbamates (subject to hydrolysis) is 1. The van der Waals surface area contributed by atoms with E-state index in [4.69, 9.17) is 9.72 Å². The second-order valence-corrected chi connectivity index (χ2v) is 16.3. The third-order valence-electron chi connectivity index (χ3n) is 10.3. The molecule has 4 aromatic rings. The predicted molar refractivity (Wildman–Crippen MR) is 193 cm³/mol. The van der Waals surface area contributed by atoms with Crippen molar-refractivity contribution in [2.75, 3.05) is 0 Å². The van der Waals surface area contributed by atoms with E-state index in [0.29, 0.717) is 36.9 Å². The highest BCUT2D eigenvalue weighted by molar-refractivity contribution is 7.18. The number of thiazole rings is 1. The van der Waals surface area contributed by atoms with E-state index in [0.717, 1.165) is 45.8 Å². The monoisotopic (exact) mass is 696 g/mol. The van der Waals surface area contributed by atoms with Crippen LogP contribution in [-0.4, -0.2) is 72.8 Å². The van der Waals surface area contributed by atoms with Crippen molar-refractivity contribution in [2.24, 2.45) is 5.92 Å². The van der Waals surface area contributed by atoms with E-state index < -0.39 is 35.4 Å². The van der Waals surface area contributed by atoms with Crippen molar-refractivity contribution in [1.29, 1.82) is 0 Å². The van der Waals surface area contributed by atoms with Gasteiger partial charge in [0.05, 0.1) is 28.0 Å². The van der Waals surface area contributed by atoms with E-state index in [1.807, 2.05) is 61.5 Å². The van der Waals surface area contributed by atoms with Crippen molar-refractivity contribution >= 4 is 46.3 Å². The van der Waals surface area contributed by atoms with Gasteiger partial charge in [-0.2, -0.15) is 0 Å². The van der Waals surface area contributed by atoms with Crippen LogP contribution in [0.3, 0.4) is 0 Å². The lowest BCUT2D eigenvalue weighted by Gasteiger charge is -2.45. The van der Waals surface area contributed by atoms with Crippen LogP contribution in [0.15, 0.2) is 54.6 Å². The minimum absolute atomic E-state index is 0.121. The van der Waals surface area contributed by atoms with Gasteiger partial charge >= 0.3 is 6.09 Å². The van der Waals surface area contributed by atoms with Crippen LogP contribution in [0.25, 0.3) is 10.2 Å². The maximum Gasteiger partial charge on any atom is 0.408 e. The van der Waals surface area contributed by atoms with Gasteiger partial charge in [0.2, 0.25) is 11.8 Å². The number of hydrogen-bond donors (Lipinski definition) is 4. The van der Waals surface area contributed by atoms with Crippen LogP contribution in [0.1, 0.15) is 73.9 Å². The molecule has 3 amide bonds. The number of fused-ring (bicyclic) bond motifs is 3. The first-order valence-electron chi connectivity index (χ1n) is 17.6. The van der Waals surface area contributed by atoms with Crippen molar-refractivity contribution < 1.29 is 24.2 Å². The molecule has 1 aliphatic carbocycles. The highest BCUT2D eigenvalue weighted by Gasteiger charge is 2.55. The summed E-state index contributed by atoms with van der Waals surface area (Å²) in [5, 5.41) is 18.6. The second kappa shape index (κ2) is 13.5. The lowest BCUT2D eigenvalue weighted by atomic mass is 9.51. The molecule has 5 atom stereocenters. The van der Waals surface area contributed by atoms with Crippen LogP contribution in [0.4, 0.5) is 4.79 Å². The number of hydrogen-bond acceptors (Lipinski definition) is 8. The fourth-order valence-electron chi connectivity index (χ4n) is 8.09. The Labute approximate surface area is 296 Å². The Morgan fingerprint density at radius 2 is 1.88 bits per heavy atom. The fourth-order valence-corrected chi connectivity index (χ4v) is 9.11. The summed E-state index contributed by atoms with van der Waals surface area (Å²) in [5.41, 5.74) is 1.83. The second-order valence-electron chi connectivity index (χ2n) is 15.2. The van der Waals surface area contributed by atoms with Gasteiger partial charge in [-0.25, -0.2) is 14.8 Å². The zero-order chi connectivity index (χ0) is 35.2. The number of aliphatic hydroxyl groups is 1. The van der Waals surface area contributed by atoms with Gasteiger partial charge in [-0.1, -0.05) is 55.1 Å². The lowest BCUT2D eigenvalue weighted by molar-refractivity contribution is -0.141. The van der Waals surface area contributed by atoms with Gasteiger partial charge < -0.3 is 30.3 Å². The van der Waals surface area contributed by atoms with Crippen LogP contribution in [0.2, 0.25) is 12.6 Å². The third-order valence-corrected chi connectivity index (χ3v) is 11.4. The number of carbonyl (C=O) groups is 3. The molecule has 2 saturated heterocycles. The number of para-hydroxylation sites is 1. The molecule has 2 aromatic heterocycles. The maximum absolute atomic E-state index is 14.7. The van der Waals surface area contributed by atoms with Crippen molar-refractivity contribution in [3.05, 3.63) is 82.4 Å². The number of aromatic amines is 1. The van der Waals surface area contributed by atoms with Crippen molar-refractivity contribution in [2.45, 2.75) is 108 Å². The molecule has 2 unspecified atom stereocenters. The smallest absolute Gasteiger partial charge is 0.408 e. The van der Waals surface area contributed by atoms with Crippen LogP contribution >= 0.6 is 11.3 Å². The largest absolute Gasteiger partial charge is 0.444 e. The van der Waals surface area contributed by atoms with Gasteiger partial charge in [-0.15, -0.1) is 11.3 Å². The van der Waals surface area contributed by atoms with Gasteiger partial charge in [0, 0.05) is 12.1 Å². The van der Waals surface area contributed by atoms with E-state index >= 15 is 0 Å². The van der Waals surface area contributed by atoms with Crippen LogP contribution in [-0.2, 0) is 33.6 Å². The van der Waals surface area contributed by atoms with E-state index in [9.17, 15) is 19.5 Å². The Morgan fingerprint density at radius 1 is 1.12 bits per heavy atom. The molecule has 13 heteroatoms. The summed E-state index contributed by atoms with van der Waals surface area (Å²) in [4.78, 5) is 56.7. The summed E-state index contributed by atoms with van der Waals surface area (Å²) < 4.78 is 6.59. The molecule has 11 nitrogen and oxygen atoms in total. The van der Waals surface area contributed by atoms with E-state index in [-0.39, 0.29) is 31.0 Å². The number of nitrogens with zero attached hydrogens (tertiary/aromatic N) is 3. The zero-order valence-electron chi connectivity index (χ0n) is 29.1. The molecule has 2 aromatic carbocycles. The first-order chi connectivity index (χ1) is 23.9. The number of benzene rings is 2. The molecule has 0 bridgehead atoms. The Hall–Kier alpha value is -4.23. The lowest BCUT2D eigenvalue weighted by Crippen LogP contribution is -2.68. The standard InChI is InChI=1S/C37H45BN6O5S/c1-22-39-26-18-24(19-27(26)40-22)20-28(31(45)33-42-25-12-8-9-13-30(25)50-33)41-32(46)29-14-16-38-17-15-37(34(47)44(29)38,21-23-10-6-5-7-11-23)43-35(48)49-36(2,3)4/h5-13,24,28-29,31,45H,14-21H2,1-4H3,(H,39,40)(H,41,46)(H,43,48)/t28-,29-,31?,37+/m0/s1. The molecule has 3 aliphatic rings. The number of H-pyrrole nitrogens is 1. The summed E-state index contributed by atoms with van der Waals surface area (Å²) >= 11 is 1.42. The minimum Gasteiger partial charge on any atom is -0.444 e. The molecule has 0 spiro atoms. The number of imidazole rings is 1. The molecule has 4 heterocycles. The molecule has 2 aliphatic heterocycles. The molecule has 0 saturated carbocycles. The molecule has 4 N–H and O–H groups in total. The van der Waals surface area contributed by atoms with E-state index in [1.54, 1.807) is 25.6 Å². The summed E-state index contributed by atoms with van der Waals surface area (Å²) in [6.45, 7) is 7.19. The zero-order valence-corrected chi connectivity index (χ0v) is 29.9. The number of amides is 3. The van der Waals surface area contributed by atoms with Gasteiger partial charge in [-0.05, 0) is 83.4 Å². The first-order valence-corrected chi connectivity index (χ1v) is 18.5. The Bertz CT molecular complexity index is 1830.